The van der Waals surface area contributed by atoms with Crippen molar-refractivity contribution < 1.29 is 14.3 Å². The average Bonchev–Trinajstić information content (AvgIpc) is 2.72. The highest BCUT2D eigenvalue weighted by atomic mass is 79.9. The van der Waals surface area contributed by atoms with Gasteiger partial charge in [0.2, 0.25) is 5.91 Å². The molecule has 0 aliphatic rings. The number of rotatable bonds is 8. The number of hydrogen-bond donors (Lipinski definition) is 1. The highest BCUT2D eigenvalue weighted by molar-refractivity contribution is 9.10. The highest BCUT2D eigenvalue weighted by Crippen LogP contribution is 2.31. The number of nitrogens with one attached hydrogen (secondary N) is 1. The second-order valence-corrected chi connectivity index (χ2v) is 10.2. The molecule has 0 saturated heterocycles. The van der Waals surface area contributed by atoms with Crippen LogP contribution in [0.4, 0.5) is 0 Å². The van der Waals surface area contributed by atoms with Crippen LogP contribution in [0.3, 0.4) is 0 Å². The van der Waals surface area contributed by atoms with Crippen molar-refractivity contribution in [3.05, 3.63) is 62.0 Å². The molecule has 2 aromatic carbocycles. The van der Waals surface area contributed by atoms with Gasteiger partial charge >= 0.3 is 0 Å². The van der Waals surface area contributed by atoms with Gasteiger partial charge in [-0.2, -0.15) is 0 Å². The van der Waals surface area contributed by atoms with Gasteiger partial charge in [0.1, 0.15) is 11.8 Å². The molecule has 0 spiro atoms. The minimum Gasteiger partial charge on any atom is -0.483 e. The number of amides is 2. The van der Waals surface area contributed by atoms with Gasteiger partial charge in [-0.1, -0.05) is 63.0 Å². The van der Waals surface area contributed by atoms with E-state index in [9.17, 15) is 9.59 Å². The van der Waals surface area contributed by atoms with E-state index in [2.05, 4.69) is 42.0 Å². The third-order valence-electron chi connectivity index (χ3n) is 5.14. The molecule has 0 saturated carbocycles. The number of hydrogen-bond acceptors (Lipinski definition) is 3. The van der Waals surface area contributed by atoms with E-state index >= 15 is 0 Å². The average molecular weight is 544 g/mol. The van der Waals surface area contributed by atoms with Crippen molar-refractivity contribution in [2.45, 2.75) is 52.1 Å². The molecule has 0 fully saturated rings. The molecule has 2 aromatic rings. The molecule has 0 radical (unpaired) electrons. The van der Waals surface area contributed by atoms with Crippen molar-refractivity contribution in [2.24, 2.45) is 0 Å². The van der Waals surface area contributed by atoms with Gasteiger partial charge < -0.3 is 15.0 Å². The summed E-state index contributed by atoms with van der Waals surface area (Å²) in [7, 11) is 1.55. The summed E-state index contributed by atoms with van der Waals surface area (Å²) in [6, 6.07) is 10.2. The van der Waals surface area contributed by atoms with Gasteiger partial charge in [0, 0.05) is 23.6 Å². The third kappa shape index (κ3) is 6.87. The molecule has 0 aliphatic heterocycles. The molecule has 5 nitrogen and oxygen atoms in total. The van der Waals surface area contributed by atoms with Gasteiger partial charge in [0.05, 0.1) is 4.47 Å². The van der Waals surface area contributed by atoms with E-state index in [-0.39, 0.29) is 30.4 Å². The van der Waals surface area contributed by atoms with Crippen LogP contribution >= 0.6 is 39.1 Å². The highest BCUT2D eigenvalue weighted by Gasteiger charge is 2.29. The molecule has 0 heterocycles. The van der Waals surface area contributed by atoms with Crippen LogP contribution in [0.15, 0.2) is 40.9 Å². The normalized spacial score (nSPS) is 12.2. The first kappa shape index (κ1) is 26.5. The molecule has 8 heteroatoms. The van der Waals surface area contributed by atoms with Gasteiger partial charge in [-0.25, -0.2) is 0 Å². The lowest BCUT2D eigenvalue weighted by Gasteiger charge is -2.30. The Morgan fingerprint density at radius 3 is 2.38 bits per heavy atom. The van der Waals surface area contributed by atoms with Crippen LogP contribution in [0.25, 0.3) is 0 Å². The number of carbonyl (C=O) groups is 2. The molecule has 32 heavy (non-hydrogen) atoms. The molecular formula is C24H29BrCl2N2O3. The topological polar surface area (TPSA) is 58.6 Å². The molecule has 0 bridgehead atoms. The first-order valence-electron chi connectivity index (χ1n) is 10.4. The first-order chi connectivity index (χ1) is 15.0. The summed E-state index contributed by atoms with van der Waals surface area (Å²) in [6.07, 6.45) is 0.445. The Bertz CT molecular complexity index is 976. The predicted octanol–water partition coefficient (Wildman–Crippen LogP) is 5.99. The molecule has 0 unspecified atom stereocenters. The number of likely N-dealkylation sites (N-methyl/N-ethyl adjacent to an activating group) is 1. The Hall–Kier alpha value is -1.76. The van der Waals surface area contributed by atoms with E-state index < -0.39 is 6.04 Å². The van der Waals surface area contributed by atoms with E-state index in [1.165, 1.54) is 4.90 Å². The fraction of sp³-hybridized carbons (Fsp3) is 0.417. The summed E-state index contributed by atoms with van der Waals surface area (Å²) >= 11 is 15.9. The van der Waals surface area contributed by atoms with Crippen LogP contribution in [0, 0.1) is 0 Å². The zero-order valence-corrected chi connectivity index (χ0v) is 22.1. The Morgan fingerprint density at radius 1 is 1.16 bits per heavy atom. The van der Waals surface area contributed by atoms with Crippen LogP contribution < -0.4 is 10.1 Å². The zero-order chi connectivity index (χ0) is 24.1. The molecule has 1 atom stereocenters. The van der Waals surface area contributed by atoms with Gasteiger partial charge in [-0.05, 0) is 63.2 Å². The number of carbonyl (C=O) groups excluding carboxylic acids is 2. The Labute approximate surface area is 208 Å². The van der Waals surface area contributed by atoms with Crippen molar-refractivity contribution in [3.8, 4) is 5.75 Å². The van der Waals surface area contributed by atoms with Crippen molar-refractivity contribution >= 4 is 50.9 Å². The number of benzene rings is 2. The van der Waals surface area contributed by atoms with E-state index in [0.29, 0.717) is 27.8 Å². The monoisotopic (exact) mass is 542 g/mol. The van der Waals surface area contributed by atoms with E-state index in [1.54, 1.807) is 25.2 Å². The summed E-state index contributed by atoms with van der Waals surface area (Å²) in [6.45, 7) is 8.18. The van der Waals surface area contributed by atoms with Crippen molar-refractivity contribution in [2.75, 3.05) is 13.7 Å². The lowest BCUT2D eigenvalue weighted by molar-refractivity contribution is -0.142. The van der Waals surface area contributed by atoms with E-state index in [1.807, 2.05) is 25.1 Å². The quantitative estimate of drug-likeness (QED) is 0.445. The van der Waals surface area contributed by atoms with E-state index in [4.69, 9.17) is 27.9 Å². The summed E-state index contributed by atoms with van der Waals surface area (Å²) < 4.78 is 6.59. The van der Waals surface area contributed by atoms with Gasteiger partial charge in [0.15, 0.2) is 6.61 Å². The standard InChI is InChI=1S/C24H29BrCl2N2O3/c1-6-20(23(31)28-5)29(13-15-7-9-17(26)12-19(15)27)22(30)14-32-21-10-8-16(11-18(21)25)24(2,3)4/h7-12,20H,6,13-14H2,1-5H3,(H,28,31)/t20-/m1/s1. The molecule has 1 N–H and O–H groups in total. The summed E-state index contributed by atoms with van der Waals surface area (Å²) in [4.78, 5) is 27.2. The lowest BCUT2D eigenvalue weighted by Crippen LogP contribution is -2.49. The maximum Gasteiger partial charge on any atom is 0.261 e. The van der Waals surface area contributed by atoms with E-state index in [0.717, 1.165) is 10.0 Å². The molecule has 2 rings (SSSR count). The summed E-state index contributed by atoms with van der Waals surface area (Å²) in [5.74, 6) is -0.0104. The van der Waals surface area contributed by atoms with Gasteiger partial charge in [-0.3, -0.25) is 9.59 Å². The minimum atomic E-state index is -0.658. The van der Waals surface area contributed by atoms with Crippen molar-refractivity contribution in [1.82, 2.24) is 10.2 Å². The number of halogens is 3. The lowest BCUT2D eigenvalue weighted by atomic mass is 9.87. The van der Waals surface area contributed by atoms with Crippen LogP contribution in [0.2, 0.25) is 10.0 Å². The largest absolute Gasteiger partial charge is 0.483 e. The van der Waals surface area contributed by atoms with Crippen LogP contribution in [-0.2, 0) is 21.5 Å². The summed E-state index contributed by atoms with van der Waals surface area (Å²) in [5.41, 5.74) is 1.84. The Morgan fingerprint density at radius 2 is 1.84 bits per heavy atom. The molecule has 0 aromatic heterocycles. The second kappa shape index (κ2) is 11.4. The maximum atomic E-state index is 13.2. The fourth-order valence-corrected chi connectivity index (χ4v) is 4.19. The molecule has 0 aliphatic carbocycles. The third-order valence-corrected chi connectivity index (χ3v) is 6.34. The minimum absolute atomic E-state index is 0.00657. The van der Waals surface area contributed by atoms with Crippen LogP contribution in [0.5, 0.6) is 5.75 Å². The Balaban J connectivity index is 2.25. The van der Waals surface area contributed by atoms with Crippen LogP contribution in [-0.4, -0.2) is 36.4 Å². The molecular weight excluding hydrogens is 515 g/mol. The summed E-state index contributed by atoms with van der Waals surface area (Å²) in [5, 5.41) is 3.56. The zero-order valence-electron chi connectivity index (χ0n) is 19.0. The fourth-order valence-electron chi connectivity index (χ4n) is 3.23. The number of ether oxygens (including phenoxy) is 1. The maximum absolute atomic E-state index is 13.2. The van der Waals surface area contributed by atoms with Crippen molar-refractivity contribution in [3.63, 3.8) is 0 Å². The SMILES string of the molecule is CC[C@H](C(=O)NC)N(Cc1ccc(Cl)cc1Cl)C(=O)COc1ccc(C(C)(C)C)cc1Br. The molecule has 2 amide bonds. The predicted molar refractivity (Wildman–Crippen MR) is 133 cm³/mol. The molecule has 174 valence electrons. The van der Waals surface area contributed by atoms with Gasteiger partial charge in [0.25, 0.3) is 5.91 Å². The number of nitrogens with zero attached hydrogens (tertiary/aromatic N) is 1. The smallest absolute Gasteiger partial charge is 0.261 e. The van der Waals surface area contributed by atoms with Crippen LogP contribution in [0.1, 0.15) is 45.2 Å². The second-order valence-electron chi connectivity index (χ2n) is 8.48. The van der Waals surface area contributed by atoms with Gasteiger partial charge in [-0.15, -0.1) is 0 Å². The van der Waals surface area contributed by atoms with Crippen molar-refractivity contribution in [1.29, 1.82) is 0 Å². The Kier molecular flexibility index (Phi) is 9.43. The first-order valence-corrected chi connectivity index (χ1v) is 11.9.